The van der Waals surface area contributed by atoms with Gasteiger partial charge in [0.15, 0.2) is 5.13 Å². The summed E-state index contributed by atoms with van der Waals surface area (Å²) in [6.07, 6.45) is 1.73. The Balaban J connectivity index is 1.34. The molecule has 8 nitrogen and oxygen atoms in total. The Morgan fingerprint density at radius 3 is 2.69 bits per heavy atom. The van der Waals surface area contributed by atoms with Crippen molar-refractivity contribution in [3.8, 4) is 0 Å². The van der Waals surface area contributed by atoms with Gasteiger partial charge in [-0.1, -0.05) is 41.9 Å². The largest absolute Gasteiger partial charge is 0.338 e. The van der Waals surface area contributed by atoms with Gasteiger partial charge in [-0.05, 0) is 23.8 Å². The Kier molecular flexibility index (Phi) is 7.02. The predicted octanol–water partition coefficient (Wildman–Crippen LogP) is 3.75. The van der Waals surface area contributed by atoms with Gasteiger partial charge in [-0.25, -0.2) is 19.7 Å². The van der Waals surface area contributed by atoms with E-state index >= 15 is 0 Å². The minimum Gasteiger partial charge on any atom is -0.338 e. The van der Waals surface area contributed by atoms with Crippen LogP contribution in [0.1, 0.15) is 30.8 Å². The fraction of sp³-hybridized carbons (Fsp3) is 0.364. The average Bonchev–Trinajstić information content (AvgIpc) is 3.28. The summed E-state index contributed by atoms with van der Waals surface area (Å²) >= 11 is 4.89. The van der Waals surface area contributed by atoms with E-state index in [9.17, 15) is 4.79 Å². The lowest BCUT2D eigenvalue weighted by molar-refractivity contribution is 0.251. The van der Waals surface area contributed by atoms with Crippen molar-refractivity contribution < 1.29 is 4.79 Å². The Labute approximate surface area is 200 Å². The molecule has 2 amide bonds. The predicted molar refractivity (Wildman–Crippen MR) is 131 cm³/mol. The van der Waals surface area contributed by atoms with E-state index < -0.39 is 0 Å². The van der Waals surface area contributed by atoms with Crippen LogP contribution in [0.4, 0.5) is 15.9 Å². The normalized spacial score (nSPS) is 14.3. The summed E-state index contributed by atoms with van der Waals surface area (Å²) in [4.78, 5) is 28.1. The van der Waals surface area contributed by atoms with Crippen LogP contribution in [-0.2, 0) is 12.0 Å². The smallest absolute Gasteiger partial charge is 0.321 e. The Morgan fingerprint density at radius 2 is 1.94 bits per heavy atom. The van der Waals surface area contributed by atoms with Crippen molar-refractivity contribution in [1.82, 2.24) is 25.6 Å². The van der Waals surface area contributed by atoms with Crippen LogP contribution in [-0.4, -0.2) is 47.2 Å². The number of aromatic nitrogens is 3. The molecule has 10 heteroatoms. The summed E-state index contributed by atoms with van der Waals surface area (Å²) < 4.78 is 1.04. The monoisotopic (exact) mass is 515 g/mol. The van der Waals surface area contributed by atoms with E-state index in [4.69, 9.17) is 0 Å². The Hall–Kier alpha value is -2.56. The van der Waals surface area contributed by atoms with E-state index in [-0.39, 0.29) is 11.4 Å². The van der Waals surface area contributed by atoms with Crippen molar-refractivity contribution in [3.05, 3.63) is 63.3 Å². The maximum atomic E-state index is 12.4. The summed E-state index contributed by atoms with van der Waals surface area (Å²) in [5, 5.41) is 11.5. The van der Waals surface area contributed by atoms with Crippen LogP contribution in [0, 0.1) is 0 Å². The van der Waals surface area contributed by atoms with Crippen LogP contribution in [0.5, 0.6) is 0 Å². The van der Waals surface area contributed by atoms with E-state index in [2.05, 4.69) is 77.7 Å². The summed E-state index contributed by atoms with van der Waals surface area (Å²) in [5.41, 5.74) is 2.57. The number of nitrogens with zero attached hydrogens (tertiary/aromatic N) is 4. The van der Waals surface area contributed by atoms with E-state index in [0.717, 1.165) is 47.6 Å². The van der Waals surface area contributed by atoms with Gasteiger partial charge in [0.1, 0.15) is 0 Å². The first-order valence-corrected chi connectivity index (χ1v) is 12.1. The van der Waals surface area contributed by atoms with Crippen LogP contribution in [0.25, 0.3) is 0 Å². The zero-order valence-corrected chi connectivity index (χ0v) is 20.5. The molecule has 32 heavy (non-hydrogen) atoms. The number of anilines is 2. The van der Waals surface area contributed by atoms with Gasteiger partial charge in [0.05, 0.1) is 17.9 Å². The second-order valence-electron chi connectivity index (χ2n) is 8.06. The number of hydrogen-bond acceptors (Lipinski definition) is 7. The van der Waals surface area contributed by atoms with Crippen LogP contribution in [0.2, 0.25) is 0 Å². The molecule has 0 radical (unpaired) electrons. The molecule has 1 aromatic carbocycles. The third-order valence-corrected chi connectivity index (χ3v) is 6.75. The molecule has 2 aromatic heterocycles. The SMILES string of the molecule is CC(C)(c1ccc(Br)cc1)c1csc(NC(=O)NCc2ccnc(N3CCNCC3)n2)n1. The summed E-state index contributed by atoms with van der Waals surface area (Å²) in [6.45, 7) is 8.16. The third-order valence-electron chi connectivity index (χ3n) is 5.46. The number of carbonyl (C=O) groups excluding carboxylic acids is 1. The number of halogens is 1. The van der Waals surface area contributed by atoms with Gasteiger partial charge in [0, 0.05) is 47.6 Å². The first-order valence-electron chi connectivity index (χ1n) is 10.5. The van der Waals surface area contributed by atoms with Gasteiger partial charge in [-0.2, -0.15) is 0 Å². The summed E-state index contributed by atoms with van der Waals surface area (Å²) in [7, 11) is 0. The van der Waals surface area contributed by atoms with Crippen LogP contribution >= 0.6 is 27.3 Å². The van der Waals surface area contributed by atoms with Crippen molar-refractivity contribution in [2.75, 3.05) is 36.4 Å². The number of piperazine rings is 1. The van der Waals surface area contributed by atoms with Crippen LogP contribution < -0.4 is 20.9 Å². The van der Waals surface area contributed by atoms with E-state index in [1.807, 2.05) is 23.6 Å². The lowest BCUT2D eigenvalue weighted by atomic mass is 9.82. The molecule has 0 atom stereocenters. The molecule has 1 fully saturated rings. The van der Waals surface area contributed by atoms with Crippen molar-refractivity contribution in [1.29, 1.82) is 0 Å². The molecule has 0 aliphatic carbocycles. The van der Waals surface area contributed by atoms with E-state index in [1.165, 1.54) is 11.3 Å². The van der Waals surface area contributed by atoms with Crippen LogP contribution in [0.15, 0.2) is 46.4 Å². The van der Waals surface area contributed by atoms with Gasteiger partial charge < -0.3 is 15.5 Å². The molecule has 168 valence electrons. The van der Waals surface area contributed by atoms with E-state index in [1.54, 1.807) is 6.20 Å². The minimum atomic E-state index is -0.310. The molecule has 1 aliphatic rings. The molecular weight excluding hydrogens is 490 g/mol. The lowest BCUT2D eigenvalue weighted by Crippen LogP contribution is -2.44. The molecule has 3 aromatic rings. The number of hydrogen-bond donors (Lipinski definition) is 3. The fourth-order valence-electron chi connectivity index (χ4n) is 3.45. The quantitative estimate of drug-likeness (QED) is 0.462. The molecule has 0 spiro atoms. The van der Waals surface area contributed by atoms with Gasteiger partial charge in [0.25, 0.3) is 0 Å². The van der Waals surface area contributed by atoms with Crippen molar-refractivity contribution >= 4 is 44.4 Å². The average molecular weight is 516 g/mol. The highest BCUT2D eigenvalue weighted by atomic mass is 79.9. The number of amides is 2. The second kappa shape index (κ2) is 9.93. The zero-order valence-electron chi connectivity index (χ0n) is 18.1. The van der Waals surface area contributed by atoms with Crippen molar-refractivity contribution in [3.63, 3.8) is 0 Å². The number of carbonyl (C=O) groups is 1. The molecular formula is C22H26BrN7OS. The standard InChI is InChI=1S/C22H26BrN7OS/c1-22(2,15-3-5-16(23)6-4-15)18-14-32-21(28-18)29-20(31)26-13-17-7-8-25-19(27-17)30-11-9-24-10-12-30/h3-8,14,24H,9-13H2,1-2H3,(H2,26,28,29,31). The zero-order chi connectivity index (χ0) is 22.6. The number of benzene rings is 1. The minimum absolute atomic E-state index is 0.269. The molecule has 1 saturated heterocycles. The number of nitrogens with one attached hydrogen (secondary N) is 3. The number of rotatable bonds is 6. The molecule has 0 bridgehead atoms. The molecule has 0 saturated carbocycles. The summed E-state index contributed by atoms with van der Waals surface area (Å²) in [6, 6.07) is 9.72. The van der Waals surface area contributed by atoms with E-state index in [0.29, 0.717) is 17.6 Å². The lowest BCUT2D eigenvalue weighted by Gasteiger charge is -2.27. The Morgan fingerprint density at radius 1 is 1.19 bits per heavy atom. The highest BCUT2D eigenvalue weighted by Gasteiger charge is 2.26. The fourth-order valence-corrected chi connectivity index (χ4v) is 4.58. The highest BCUT2D eigenvalue weighted by Crippen LogP contribution is 2.34. The van der Waals surface area contributed by atoms with Gasteiger partial charge >= 0.3 is 6.03 Å². The van der Waals surface area contributed by atoms with Gasteiger partial charge in [-0.3, -0.25) is 5.32 Å². The molecule has 4 rings (SSSR count). The maximum Gasteiger partial charge on any atom is 0.321 e. The highest BCUT2D eigenvalue weighted by molar-refractivity contribution is 9.10. The van der Waals surface area contributed by atoms with Crippen LogP contribution in [0.3, 0.4) is 0 Å². The van der Waals surface area contributed by atoms with Crippen molar-refractivity contribution in [2.45, 2.75) is 25.8 Å². The molecule has 0 unspecified atom stereocenters. The van der Waals surface area contributed by atoms with Gasteiger partial charge in [0.2, 0.25) is 5.95 Å². The Bertz CT molecular complexity index is 1060. The molecule has 3 heterocycles. The summed E-state index contributed by atoms with van der Waals surface area (Å²) in [5.74, 6) is 0.700. The first-order chi connectivity index (χ1) is 15.4. The second-order valence-corrected chi connectivity index (χ2v) is 9.84. The third kappa shape index (κ3) is 5.43. The molecule has 3 N–H and O–H groups in total. The van der Waals surface area contributed by atoms with Gasteiger partial charge in [-0.15, -0.1) is 11.3 Å². The molecule has 1 aliphatic heterocycles. The topological polar surface area (TPSA) is 95.1 Å². The maximum absolute atomic E-state index is 12.4. The van der Waals surface area contributed by atoms with Crippen molar-refractivity contribution in [2.24, 2.45) is 0 Å². The first kappa shape index (κ1) is 22.6. The number of thiazole rings is 1. The number of urea groups is 1.